The van der Waals surface area contributed by atoms with Crippen LogP contribution in [0.25, 0.3) is 0 Å². The van der Waals surface area contributed by atoms with Crippen LogP contribution in [0.4, 0.5) is 20.6 Å². The lowest BCUT2D eigenvalue weighted by Gasteiger charge is -2.40. The standard InChI is InChI=1S/C31H31ClFN5O3/c1-41-23-17-27(38(18-23)30(40)35-22-10-8-21(32)9-11-22)29(39)36-26-16-20(7-12-24(26)33)31(14-13-19-5-6-19)28-25(37-31)4-2-3-15-34-28/h2-4,7-12,15-16,19,23,27H,5-6,13-14,17-18H2,1H3,(H,35,40)(H,36,39)/t23-,27-,31?/m1/s1. The lowest BCUT2D eigenvalue weighted by Crippen LogP contribution is -2.48. The van der Waals surface area contributed by atoms with Gasteiger partial charge in [-0.05, 0) is 72.9 Å². The Morgan fingerprint density at radius 2 is 1.95 bits per heavy atom. The third-order valence-electron chi connectivity index (χ3n) is 8.17. The number of methoxy groups -OCH3 is 1. The molecule has 1 unspecified atom stereocenters. The molecule has 1 aliphatic carbocycles. The Kier molecular flexibility index (Phi) is 7.48. The first kappa shape index (κ1) is 27.4. The van der Waals surface area contributed by atoms with Gasteiger partial charge in [0.2, 0.25) is 5.91 Å². The molecule has 1 saturated carbocycles. The minimum Gasteiger partial charge on any atom is -0.380 e. The first-order chi connectivity index (χ1) is 19.9. The number of fused-ring (bicyclic) bond motifs is 1. The molecule has 3 atom stereocenters. The Hall–Kier alpha value is -3.82. The summed E-state index contributed by atoms with van der Waals surface area (Å²) in [6.07, 6.45) is 11.6. The molecule has 2 aromatic carbocycles. The number of urea groups is 1. The molecule has 8 nitrogen and oxygen atoms in total. The van der Waals surface area contributed by atoms with Gasteiger partial charge in [-0.15, -0.1) is 0 Å². The van der Waals surface area contributed by atoms with Crippen molar-refractivity contribution in [3.63, 3.8) is 0 Å². The van der Waals surface area contributed by atoms with Gasteiger partial charge in [-0.1, -0.05) is 36.6 Å². The smallest absolute Gasteiger partial charge is 0.322 e. The number of halogens is 2. The van der Waals surface area contributed by atoms with Gasteiger partial charge >= 0.3 is 6.03 Å². The van der Waals surface area contributed by atoms with E-state index in [-0.39, 0.29) is 24.8 Å². The highest BCUT2D eigenvalue weighted by Crippen LogP contribution is 2.45. The summed E-state index contributed by atoms with van der Waals surface area (Å²) in [5, 5.41) is 6.09. The van der Waals surface area contributed by atoms with E-state index in [9.17, 15) is 9.59 Å². The number of anilines is 2. The van der Waals surface area contributed by atoms with Crippen molar-refractivity contribution in [2.24, 2.45) is 15.9 Å². The fourth-order valence-electron chi connectivity index (χ4n) is 5.68. The number of likely N-dealkylation sites (tertiary alicyclic amines) is 1. The van der Waals surface area contributed by atoms with Crippen molar-refractivity contribution in [2.45, 2.75) is 49.8 Å². The molecule has 1 saturated heterocycles. The maximum Gasteiger partial charge on any atom is 0.322 e. The van der Waals surface area contributed by atoms with E-state index in [1.165, 1.54) is 23.8 Å². The van der Waals surface area contributed by atoms with Crippen molar-refractivity contribution in [3.05, 3.63) is 83.3 Å². The summed E-state index contributed by atoms with van der Waals surface area (Å²) in [6.45, 7) is 0.221. The first-order valence-corrected chi connectivity index (χ1v) is 14.2. The maximum absolute atomic E-state index is 15.1. The van der Waals surface area contributed by atoms with E-state index >= 15 is 4.39 Å². The number of amides is 3. The van der Waals surface area contributed by atoms with Gasteiger partial charge in [0.05, 0.1) is 23.2 Å². The van der Waals surface area contributed by atoms with Gasteiger partial charge in [0.25, 0.3) is 0 Å². The Balaban J connectivity index is 1.24. The molecule has 0 radical (unpaired) electrons. The molecular weight excluding hydrogens is 545 g/mol. The number of ether oxygens (including phenoxy) is 1. The van der Waals surface area contributed by atoms with E-state index in [0.29, 0.717) is 16.6 Å². The molecule has 2 fully saturated rings. The predicted molar refractivity (Wildman–Crippen MR) is 158 cm³/mol. The van der Waals surface area contributed by atoms with Crippen LogP contribution < -0.4 is 10.6 Å². The number of hydrogen-bond donors (Lipinski definition) is 2. The largest absolute Gasteiger partial charge is 0.380 e. The van der Waals surface area contributed by atoms with Crippen molar-refractivity contribution >= 4 is 46.3 Å². The van der Waals surface area contributed by atoms with Crippen molar-refractivity contribution in [3.8, 4) is 0 Å². The SMILES string of the molecule is CO[C@@H]1C[C@H](C(=O)Nc2cc(C3(CCC4CC4)N=C4C=CC=CN=C43)ccc2F)N(C(=O)Nc2ccc(Cl)cc2)C1. The van der Waals surface area contributed by atoms with Crippen LogP contribution in [0, 0.1) is 11.7 Å². The first-order valence-electron chi connectivity index (χ1n) is 13.8. The van der Waals surface area contributed by atoms with Crippen LogP contribution in [-0.4, -0.2) is 54.1 Å². The summed E-state index contributed by atoms with van der Waals surface area (Å²) in [5.41, 5.74) is 2.35. The Morgan fingerprint density at radius 1 is 1.15 bits per heavy atom. The van der Waals surface area contributed by atoms with Gasteiger partial charge in [-0.2, -0.15) is 0 Å². The van der Waals surface area contributed by atoms with Crippen LogP contribution >= 0.6 is 11.6 Å². The number of rotatable bonds is 8. The molecule has 2 aromatic rings. The second-order valence-corrected chi connectivity index (χ2v) is 11.3. The minimum absolute atomic E-state index is 0.0428. The third kappa shape index (κ3) is 5.56. The zero-order chi connectivity index (χ0) is 28.6. The molecule has 3 aliphatic heterocycles. The van der Waals surface area contributed by atoms with Crippen molar-refractivity contribution in [1.82, 2.24) is 4.90 Å². The highest BCUT2D eigenvalue weighted by atomic mass is 35.5. The summed E-state index contributed by atoms with van der Waals surface area (Å²) in [7, 11) is 1.54. The molecule has 212 valence electrons. The molecule has 0 bridgehead atoms. The highest BCUT2D eigenvalue weighted by Gasteiger charge is 2.48. The number of nitrogens with zero attached hydrogens (tertiary/aromatic N) is 3. The molecule has 4 aliphatic rings. The molecule has 0 spiro atoms. The predicted octanol–water partition coefficient (Wildman–Crippen LogP) is 6.10. The molecule has 10 heteroatoms. The third-order valence-corrected chi connectivity index (χ3v) is 8.42. The fraction of sp³-hybridized carbons (Fsp3) is 0.355. The second-order valence-electron chi connectivity index (χ2n) is 10.9. The lowest BCUT2D eigenvalue weighted by molar-refractivity contribution is -0.119. The van der Waals surface area contributed by atoms with E-state index in [2.05, 4.69) is 15.6 Å². The van der Waals surface area contributed by atoms with Crippen LogP contribution in [0.2, 0.25) is 5.02 Å². The number of allylic oxidation sites excluding steroid dienone is 3. The van der Waals surface area contributed by atoms with E-state index < -0.39 is 29.3 Å². The van der Waals surface area contributed by atoms with Crippen LogP contribution in [0.15, 0.2) is 76.9 Å². The molecule has 3 amide bonds. The normalized spacial score (nSPS) is 24.6. The number of hydrogen-bond acceptors (Lipinski definition) is 5. The molecule has 2 N–H and O–H groups in total. The topological polar surface area (TPSA) is 95.4 Å². The average Bonchev–Trinajstić information content (AvgIpc) is 3.72. The van der Waals surface area contributed by atoms with Crippen molar-refractivity contribution < 1.29 is 18.7 Å². The quantitative estimate of drug-likeness (QED) is 0.398. The summed E-state index contributed by atoms with van der Waals surface area (Å²) in [5.74, 6) is -0.373. The zero-order valence-corrected chi connectivity index (χ0v) is 23.4. The van der Waals surface area contributed by atoms with Gasteiger partial charge in [-0.3, -0.25) is 14.8 Å². The van der Waals surface area contributed by atoms with Crippen molar-refractivity contribution in [2.75, 3.05) is 24.3 Å². The van der Waals surface area contributed by atoms with Crippen LogP contribution in [0.5, 0.6) is 0 Å². The minimum atomic E-state index is -0.853. The number of aliphatic imine (C=N–C) groups is 2. The Bertz CT molecular complexity index is 1480. The fourth-order valence-corrected chi connectivity index (χ4v) is 5.80. The monoisotopic (exact) mass is 575 g/mol. The second kappa shape index (κ2) is 11.2. The molecular formula is C31H31ClFN5O3. The summed E-state index contributed by atoms with van der Waals surface area (Å²) < 4.78 is 20.6. The van der Waals surface area contributed by atoms with Gasteiger partial charge in [-0.25, -0.2) is 9.18 Å². The van der Waals surface area contributed by atoms with Crippen LogP contribution in [-0.2, 0) is 15.1 Å². The van der Waals surface area contributed by atoms with E-state index in [1.807, 2.05) is 18.2 Å². The Labute approximate surface area is 243 Å². The van der Waals surface area contributed by atoms with Gasteiger partial charge in [0.1, 0.15) is 17.4 Å². The van der Waals surface area contributed by atoms with E-state index in [1.54, 1.807) is 49.7 Å². The summed E-state index contributed by atoms with van der Waals surface area (Å²) >= 11 is 5.95. The molecule has 6 rings (SSSR count). The molecule has 3 heterocycles. The van der Waals surface area contributed by atoms with E-state index in [4.69, 9.17) is 21.3 Å². The van der Waals surface area contributed by atoms with E-state index in [0.717, 1.165) is 29.8 Å². The number of nitrogens with one attached hydrogen (secondary N) is 2. The lowest BCUT2D eigenvalue weighted by atomic mass is 9.74. The van der Waals surface area contributed by atoms with Gasteiger partial charge < -0.3 is 20.3 Å². The maximum atomic E-state index is 15.1. The van der Waals surface area contributed by atoms with Crippen LogP contribution in [0.1, 0.15) is 37.7 Å². The average molecular weight is 576 g/mol. The van der Waals surface area contributed by atoms with Gasteiger partial charge in [0.15, 0.2) is 0 Å². The summed E-state index contributed by atoms with van der Waals surface area (Å²) in [4.78, 5) is 37.8. The number of carbonyl (C=O) groups excluding carboxylic acids is 2. The van der Waals surface area contributed by atoms with Crippen molar-refractivity contribution in [1.29, 1.82) is 0 Å². The van der Waals surface area contributed by atoms with Gasteiger partial charge in [0, 0.05) is 37.0 Å². The molecule has 41 heavy (non-hydrogen) atoms. The number of carbonyl (C=O) groups is 2. The number of benzene rings is 2. The molecule has 0 aromatic heterocycles. The Morgan fingerprint density at radius 3 is 2.71 bits per heavy atom. The van der Waals surface area contributed by atoms with Crippen LogP contribution in [0.3, 0.4) is 0 Å². The summed E-state index contributed by atoms with van der Waals surface area (Å²) in [6, 6.07) is 10.1. The highest BCUT2D eigenvalue weighted by molar-refractivity contribution is 6.54. The zero-order valence-electron chi connectivity index (χ0n) is 22.6.